The third-order valence-electron chi connectivity index (χ3n) is 3.26. The molecule has 104 valence electrons. The van der Waals surface area contributed by atoms with Crippen LogP contribution < -0.4 is 4.90 Å². The first kappa shape index (κ1) is 14.1. The van der Waals surface area contributed by atoms with Crippen molar-refractivity contribution in [3.8, 4) is 5.75 Å². The number of hydrogen-bond donors (Lipinski definition) is 1. The lowest BCUT2D eigenvalue weighted by molar-refractivity contribution is 0.0982. The van der Waals surface area contributed by atoms with Crippen molar-refractivity contribution in [1.82, 2.24) is 0 Å². The van der Waals surface area contributed by atoms with Crippen LogP contribution in [0, 0.1) is 0 Å². The average Bonchev–Trinajstić information content (AvgIpc) is 2.45. The summed E-state index contributed by atoms with van der Waals surface area (Å²) in [6.07, 6.45) is 1.16. The number of benzene rings is 2. The fourth-order valence-corrected chi connectivity index (χ4v) is 2.04. The summed E-state index contributed by atoms with van der Waals surface area (Å²) < 4.78 is 0. The van der Waals surface area contributed by atoms with Gasteiger partial charge in [-0.2, -0.15) is 0 Å². The molecule has 0 radical (unpaired) electrons. The first-order valence-electron chi connectivity index (χ1n) is 6.65. The highest BCUT2D eigenvalue weighted by molar-refractivity contribution is 5.96. The van der Waals surface area contributed by atoms with Crippen LogP contribution in [-0.2, 0) is 6.42 Å². The summed E-state index contributed by atoms with van der Waals surface area (Å²) in [6.45, 7) is 0. The molecular formula is C17H19NO2. The third kappa shape index (κ3) is 3.60. The molecule has 0 saturated carbocycles. The molecule has 0 heterocycles. The highest BCUT2D eigenvalue weighted by Crippen LogP contribution is 2.16. The number of anilines is 1. The van der Waals surface area contributed by atoms with E-state index in [2.05, 4.69) is 0 Å². The highest BCUT2D eigenvalue weighted by atomic mass is 16.3. The summed E-state index contributed by atoms with van der Waals surface area (Å²) in [4.78, 5) is 14.1. The second-order valence-electron chi connectivity index (χ2n) is 5.03. The normalized spacial score (nSPS) is 10.3. The Labute approximate surface area is 119 Å². The lowest BCUT2D eigenvalue weighted by Gasteiger charge is -2.12. The van der Waals surface area contributed by atoms with E-state index in [9.17, 15) is 9.90 Å². The standard InChI is InChI=1S/C17H19NO2/c1-18(2)15-9-6-13(7-10-15)8-11-17(20)14-4-3-5-16(19)12-14/h3-7,9-10,12,19H,8,11H2,1-2H3. The largest absolute Gasteiger partial charge is 0.508 e. The number of rotatable bonds is 5. The van der Waals surface area contributed by atoms with Crippen LogP contribution >= 0.6 is 0 Å². The molecular weight excluding hydrogens is 250 g/mol. The van der Waals surface area contributed by atoms with E-state index >= 15 is 0 Å². The van der Waals surface area contributed by atoms with Gasteiger partial charge in [-0.25, -0.2) is 0 Å². The van der Waals surface area contributed by atoms with E-state index in [1.54, 1.807) is 18.2 Å². The van der Waals surface area contributed by atoms with Crippen LogP contribution in [-0.4, -0.2) is 25.0 Å². The zero-order valence-electron chi connectivity index (χ0n) is 11.8. The molecule has 0 aromatic heterocycles. The van der Waals surface area contributed by atoms with Gasteiger partial charge in [-0.05, 0) is 36.2 Å². The molecule has 20 heavy (non-hydrogen) atoms. The van der Waals surface area contributed by atoms with Crippen LogP contribution in [0.15, 0.2) is 48.5 Å². The van der Waals surface area contributed by atoms with Crippen molar-refractivity contribution in [3.05, 3.63) is 59.7 Å². The van der Waals surface area contributed by atoms with E-state index in [1.807, 2.05) is 43.3 Å². The quantitative estimate of drug-likeness (QED) is 0.847. The molecule has 0 aliphatic rings. The minimum Gasteiger partial charge on any atom is -0.508 e. The number of carbonyl (C=O) groups is 1. The first-order chi connectivity index (χ1) is 9.56. The summed E-state index contributed by atoms with van der Waals surface area (Å²) in [6, 6.07) is 14.7. The molecule has 0 saturated heterocycles. The number of phenols is 1. The Bertz CT molecular complexity index is 588. The van der Waals surface area contributed by atoms with Crippen LogP contribution in [0.4, 0.5) is 5.69 Å². The molecule has 0 aliphatic heterocycles. The molecule has 1 N–H and O–H groups in total. The number of Topliss-reactive ketones (excluding diaryl/α,β-unsaturated/α-hetero) is 1. The smallest absolute Gasteiger partial charge is 0.163 e. The predicted molar refractivity (Wildman–Crippen MR) is 81.5 cm³/mol. The molecule has 0 bridgehead atoms. The molecule has 2 rings (SSSR count). The van der Waals surface area contributed by atoms with Gasteiger partial charge in [-0.3, -0.25) is 4.79 Å². The summed E-state index contributed by atoms with van der Waals surface area (Å²) in [5, 5.41) is 9.37. The Morgan fingerprint density at radius 1 is 1.10 bits per heavy atom. The summed E-state index contributed by atoms with van der Waals surface area (Å²) in [5.74, 6) is 0.184. The molecule has 0 unspecified atom stereocenters. The van der Waals surface area contributed by atoms with Crippen LogP contribution in [0.1, 0.15) is 22.3 Å². The lowest BCUT2D eigenvalue weighted by Crippen LogP contribution is -2.08. The van der Waals surface area contributed by atoms with E-state index in [0.29, 0.717) is 18.4 Å². The monoisotopic (exact) mass is 269 g/mol. The molecule has 2 aromatic carbocycles. The summed E-state index contributed by atoms with van der Waals surface area (Å²) in [5.41, 5.74) is 2.85. The second kappa shape index (κ2) is 6.24. The Morgan fingerprint density at radius 3 is 2.40 bits per heavy atom. The fraction of sp³-hybridized carbons (Fsp3) is 0.235. The van der Waals surface area contributed by atoms with Gasteiger partial charge in [0.25, 0.3) is 0 Å². The van der Waals surface area contributed by atoms with Gasteiger partial charge in [0, 0.05) is 31.8 Å². The molecule has 0 fully saturated rings. The maximum absolute atomic E-state index is 12.0. The molecule has 3 heteroatoms. The number of hydrogen-bond acceptors (Lipinski definition) is 3. The van der Waals surface area contributed by atoms with Crippen molar-refractivity contribution in [2.24, 2.45) is 0 Å². The fourth-order valence-electron chi connectivity index (χ4n) is 2.04. The van der Waals surface area contributed by atoms with Gasteiger partial charge in [-0.15, -0.1) is 0 Å². The Morgan fingerprint density at radius 2 is 1.80 bits per heavy atom. The number of nitrogens with zero attached hydrogens (tertiary/aromatic N) is 1. The van der Waals surface area contributed by atoms with Crippen molar-refractivity contribution in [2.45, 2.75) is 12.8 Å². The van der Waals surface area contributed by atoms with Gasteiger partial charge < -0.3 is 10.0 Å². The molecule has 0 atom stereocenters. The molecule has 2 aromatic rings. The summed E-state index contributed by atoms with van der Waals surface area (Å²) >= 11 is 0. The maximum Gasteiger partial charge on any atom is 0.163 e. The number of carbonyl (C=O) groups excluding carboxylic acids is 1. The van der Waals surface area contributed by atoms with Gasteiger partial charge >= 0.3 is 0 Å². The van der Waals surface area contributed by atoms with Crippen molar-refractivity contribution >= 4 is 11.5 Å². The van der Waals surface area contributed by atoms with E-state index in [0.717, 1.165) is 11.3 Å². The van der Waals surface area contributed by atoms with E-state index in [4.69, 9.17) is 0 Å². The highest BCUT2D eigenvalue weighted by Gasteiger charge is 2.07. The number of aromatic hydroxyl groups is 1. The molecule has 0 spiro atoms. The number of ketones is 1. The van der Waals surface area contributed by atoms with E-state index < -0.39 is 0 Å². The third-order valence-corrected chi connectivity index (χ3v) is 3.26. The van der Waals surface area contributed by atoms with Crippen molar-refractivity contribution in [3.63, 3.8) is 0 Å². The van der Waals surface area contributed by atoms with Crippen molar-refractivity contribution in [2.75, 3.05) is 19.0 Å². The minimum absolute atomic E-state index is 0.0533. The molecule has 3 nitrogen and oxygen atoms in total. The van der Waals surface area contributed by atoms with Crippen molar-refractivity contribution in [1.29, 1.82) is 0 Å². The van der Waals surface area contributed by atoms with Crippen molar-refractivity contribution < 1.29 is 9.90 Å². The molecule has 0 amide bonds. The van der Waals surface area contributed by atoms with Crippen LogP contribution in [0.2, 0.25) is 0 Å². The Kier molecular flexibility index (Phi) is 4.41. The van der Waals surface area contributed by atoms with Gasteiger partial charge in [0.05, 0.1) is 0 Å². The maximum atomic E-state index is 12.0. The van der Waals surface area contributed by atoms with Gasteiger partial charge in [0.15, 0.2) is 5.78 Å². The van der Waals surface area contributed by atoms with E-state index in [-0.39, 0.29) is 11.5 Å². The van der Waals surface area contributed by atoms with Gasteiger partial charge in [-0.1, -0.05) is 24.3 Å². The number of phenolic OH excluding ortho intramolecular Hbond substituents is 1. The van der Waals surface area contributed by atoms with Gasteiger partial charge in [0.2, 0.25) is 0 Å². The zero-order chi connectivity index (χ0) is 14.5. The second-order valence-corrected chi connectivity index (χ2v) is 5.03. The minimum atomic E-state index is 0.0533. The lowest BCUT2D eigenvalue weighted by atomic mass is 10.0. The predicted octanol–water partition coefficient (Wildman–Crippen LogP) is 3.27. The molecule has 0 aliphatic carbocycles. The Hall–Kier alpha value is -2.29. The van der Waals surface area contributed by atoms with Crippen LogP contribution in [0.25, 0.3) is 0 Å². The average molecular weight is 269 g/mol. The Balaban J connectivity index is 1.96. The van der Waals surface area contributed by atoms with Crippen LogP contribution in [0.5, 0.6) is 5.75 Å². The first-order valence-corrected chi connectivity index (χ1v) is 6.65. The van der Waals surface area contributed by atoms with E-state index in [1.165, 1.54) is 6.07 Å². The van der Waals surface area contributed by atoms with Crippen LogP contribution in [0.3, 0.4) is 0 Å². The SMILES string of the molecule is CN(C)c1ccc(CCC(=O)c2cccc(O)c2)cc1. The summed E-state index contributed by atoms with van der Waals surface area (Å²) in [7, 11) is 4.00. The zero-order valence-corrected chi connectivity index (χ0v) is 11.8. The topological polar surface area (TPSA) is 40.5 Å². The number of aryl methyl sites for hydroxylation is 1. The van der Waals surface area contributed by atoms with Gasteiger partial charge in [0.1, 0.15) is 5.75 Å².